The fourth-order valence-corrected chi connectivity index (χ4v) is 4.06. The molecule has 14 heteroatoms. The van der Waals surface area contributed by atoms with Crippen LogP contribution in [0.15, 0.2) is 46.6 Å². The van der Waals surface area contributed by atoms with Gasteiger partial charge in [-0.05, 0) is 24.3 Å². The number of ether oxygens (including phenoxy) is 12. The number of hydrogen-bond acceptors (Lipinski definition) is 14. The molecule has 2 heterocycles. The van der Waals surface area contributed by atoms with Crippen LogP contribution in [-0.2, 0) is 37.9 Å². The molecule has 256 valence electrons. The monoisotopic (exact) mass is 650 g/mol. The van der Waals surface area contributed by atoms with Gasteiger partial charge in [0.1, 0.15) is 26.4 Å². The Labute approximate surface area is 270 Å². The van der Waals surface area contributed by atoms with Crippen molar-refractivity contribution in [3.8, 4) is 23.0 Å². The second-order valence-electron chi connectivity index (χ2n) is 9.75. The summed E-state index contributed by atoms with van der Waals surface area (Å²) in [5, 5.41) is 8.86. The van der Waals surface area contributed by atoms with Crippen molar-refractivity contribution < 1.29 is 56.8 Å². The second kappa shape index (κ2) is 23.3. The minimum atomic E-state index is 0.328. The van der Waals surface area contributed by atoms with E-state index in [1.165, 1.54) is 0 Å². The number of azo groups is 1. The summed E-state index contributed by atoms with van der Waals surface area (Å²) < 4.78 is 68.2. The molecule has 4 rings (SSSR count). The molecule has 0 fully saturated rings. The molecule has 2 aliphatic heterocycles. The number of hydrogen-bond donors (Lipinski definition) is 0. The van der Waals surface area contributed by atoms with E-state index in [1.54, 1.807) is 36.4 Å². The predicted molar refractivity (Wildman–Crippen MR) is 166 cm³/mol. The summed E-state index contributed by atoms with van der Waals surface area (Å²) in [6.45, 7) is 8.86. The molecule has 0 saturated heterocycles. The molecule has 2 aliphatic rings. The van der Waals surface area contributed by atoms with Gasteiger partial charge in [0.15, 0.2) is 23.0 Å². The van der Waals surface area contributed by atoms with E-state index in [2.05, 4.69) is 10.2 Å². The van der Waals surface area contributed by atoms with Crippen LogP contribution in [0.1, 0.15) is 0 Å². The highest BCUT2D eigenvalue weighted by molar-refractivity contribution is 5.54. The molecule has 0 aromatic heterocycles. The van der Waals surface area contributed by atoms with Crippen molar-refractivity contribution >= 4 is 11.4 Å². The summed E-state index contributed by atoms with van der Waals surface area (Å²) in [5.74, 6) is 2.20. The SMILES string of the molecule is c1cc2c(cc1/N=N\c1ccc3c(c1)OCCOCCOCCOCCOCCO3)OCCOCCOCCOCCOCCO2. The topological polar surface area (TPSA) is 135 Å². The molecule has 0 spiro atoms. The first-order valence-electron chi connectivity index (χ1n) is 15.7. The number of fused-ring (bicyclic) bond motifs is 2. The van der Waals surface area contributed by atoms with Gasteiger partial charge in [0.25, 0.3) is 0 Å². The first-order chi connectivity index (χ1) is 22.9. The Morgan fingerprint density at radius 2 is 0.522 bits per heavy atom. The highest BCUT2D eigenvalue weighted by Gasteiger charge is 2.10. The van der Waals surface area contributed by atoms with E-state index < -0.39 is 0 Å². The Morgan fingerprint density at radius 1 is 0.283 bits per heavy atom. The molecule has 0 atom stereocenters. The first kappa shape index (κ1) is 35.8. The molecule has 46 heavy (non-hydrogen) atoms. The average Bonchev–Trinajstić information content (AvgIpc) is 3.07. The van der Waals surface area contributed by atoms with Crippen molar-refractivity contribution in [3.63, 3.8) is 0 Å². The van der Waals surface area contributed by atoms with Gasteiger partial charge in [0, 0.05) is 12.1 Å². The highest BCUT2D eigenvalue weighted by atomic mass is 16.6. The second-order valence-corrected chi connectivity index (χ2v) is 9.75. The van der Waals surface area contributed by atoms with E-state index in [1.807, 2.05) is 0 Å². The molecule has 0 radical (unpaired) electrons. The standard InChI is InChI=1S/C32H46N2O12/c1-3-29-31(45-23-19-41-15-11-37-7-5-35-9-13-39-17-21-43-29)25-27(1)33-34-28-2-4-30-32(26-28)46-24-20-42-16-12-38-8-6-36-10-14-40-18-22-44-30/h1-4,25-26H,5-24H2/b34-33-. The molecule has 0 N–H and O–H groups in total. The predicted octanol–water partition coefficient (Wildman–Crippen LogP) is 3.78. The Kier molecular flexibility index (Phi) is 18.1. The summed E-state index contributed by atoms with van der Waals surface area (Å²) in [4.78, 5) is 0. The zero-order chi connectivity index (χ0) is 31.7. The van der Waals surface area contributed by atoms with Crippen molar-refractivity contribution in [2.24, 2.45) is 10.2 Å². The minimum Gasteiger partial charge on any atom is -0.487 e. The lowest BCUT2D eigenvalue weighted by Crippen LogP contribution is -2.15. The van der Waals surface area contributed by atoms with Crippen LogP contribution in [0, 0.1) is 0 Å². The molecule has 0 bridgehead atoms. The first-order valence-corrected chi connectivity index (χ1v) is 15.7. The lowest BCUT2D eigenvalue weighted by atomic mass is 10.2. The summed E-state index contributed by atoms with van der Waals surface area (Å²) in [5.41, 5.74) is 1.17. The van der Waals surface area contributed by atoms with Gasteiger partial charge in [-0.15, -0.1) is 0 Å². The van der Waals surface area contributed by atoms with Crippen molar-refractivity contribution in [1.82, 2.24) is 0 Å². The van der Waals surface area contributed by atoms with Crippen LogP contribution in [0.4, 0.5) is 11.4 Å². The van der Waals surface area contributed by atoms with E-state index in [9.17, 15) is 0 Å². The summed E-state index contributed by atoms with van der Waals surface area (Å²) in [6.07, 6.45) is 0. The lowest BCUT2D eigenvalue weighted by Gasteiger charge is -2.15. The minimum absolute atomic E-state index is 0.328. The molecule has 0 aliphatic carbocycles. The zero-order valence-electron chi connectivity index (χ0n) is 26.4. The number of benzene rings is 2. The Balaban J connectivity index is 1.38. The van der Waals surface area contributed by atoms with Crippen LogP contribution < -0.4 is 18.9 Å². The van der Waals surface area contributed by atoms with Crippen molar-refractivity contribution in [2.75, 3.05) is 132 Å². The van der Waals surface area contributed by atoms with Gasteiger partial charge >= 0.3 is 0 Å². The van der Waals surface area contributed by atoms with Gasteiger partial charge in [-0.1, -0.05) is 0 Å². The van der Waals surface area contributed by atoms with Crippen LogP contribution in [0.3, 0.4) is 0 Å². The Morgan fingerprint density at radius 3 is 0.804 bits per heavy atom. The van der Waals surface area contributed by atoms with Gasteiger partial charge in [-0.3, -0.25) is 0 Å². The molecule has 0 amide bonds. The van der Waals surface area contributed by atoms with Crippen LogP contribution in [-0.4, -0.2) is 132 Å². The van der Waals surface area contributed by atoms with Crippen molar-refractivity contribution in [1.29, 1.82) is 0 Å². The third-order valence-electron chi connectivity index (χ3n) is 6.31. The van der Waals surface area contributed by atoms with Gasteiger partial charge in [0.05, 0.1) is 117 Å². The van der Waals surface area contributed by atoms with Crippen LogP contribution in [0.5, 0.6) is 23.0 Å². The highest BCUT2D eigenvalue weighted by Crippen LogP contribution is 2.35. The normalized spacial score (nSPS) is 20.1. The number of rotatable bonds is 2. The smallest absolute Gasteiger partial charge is 0.163 e. The van der Waals surface area contributed by atoms with Crippen LogP contribution >= 0.6 is 0 Å². The molecule has 2 aromatic rings. The quantitative estimate of drug-likeness (QED) is 0.438. The van der Waals surface area contributed by atoms with E-state index in [-0.39, 0.29) is 0 Å². The Hall–Kier alpha value is -3.08. The molecule has 0 unspecified atom stereocenters. The molecule has 2 aromatic carbocycles. The molecule has 14 nitrogen and oxygen atoms in total. The molecule has 0 saturated carbocycles. The fraction of sp³-hybridized carbons (Fsp3) is 0.625. The van der Waals surface area contributed by atoms with Crippen molar-refractivity contribution in [2.45, 2.75) is 0 Å². The van der Waals surface area contributed by atoms with Crippen LogP contribution in [0.2, 0.25) is 0 Å². The zero-order valence-corrected chi connectivity index (χ0v) is 26.4. The van der Waals surface area contributed by atoms with Gasteiger partial charge < -0.3 is 56.8 Å². The summed E-state index contributed by atoms with van der Waals surface area (Å²) >= 11 is 0. The Bertz CT molecular complexity index is 1040. The van der Waals surface area contributed by atoms with Gasteiger partial charge in [-0.2, -0.15) is 10.2 Å². The molecular weight excluding hydrogens is 604 g/mol. The van der Waals surface area contributed by atoms with Gasteiger partial charge in [-0.25, -0.2) is 0 Å². The van der Waals surface area contributed by atoms with E-state index in [0.29, 0.717) is 167 Å². The van der Waals surface area contributed by atoms with E-state index in [4.69, 9.17) is 56.8 Å². The summed E-state index contributed by atoms with van der Waals surface area (Å²) in [7, 11) is 0. The molecular formula is C32H46N2O12. The lowest BCUT2D eigenvalue weighted by molar-refractivity contribution is -0.00841. The maximum absolute atomic E-state index is 5.98. The van der Waals surface area contributed by atoms with E-state index >= 15 is 0 Å². The third kappa shape index (κ3) is 15.0. The number of nitrogens with zero attached hydrogens (tertiary/aromatic N) is 2. The maximum Gasteiger partial charge on any atom is 0.163 e. The maximum atomic E-state index is 5.98. The average molecular weight is 651 g/mol. The van der Waals surface area contributed by atoms with Crippen LogP contribution in [0.25, 0.3) is 0 Å². The van der Waals surface area contributed by atoms with Crippen molar-refractivity contribution in [3.05, 3.63) is 36.4 Å². The van der Waals surface area contributed by atoms with E-state index in [0.717, 1.165) is 0 Å². The largest absolute Gasteiger partial charge is 0.487 e. The summed E-state index contributed by atoms with van der Waals surface area (Å²) in [6, 6.07) is 10.8. The van der Waals surface area contributed by atoms with Gasteiger partial charge in [0.2, 0.25) is 0 Å². The fourth-order valence-electron chi connectivity index (χ4n) is 4.06. The third-order valence-corrected chi connectivity index (χ3v) is 6.31.